The lowest BCUT2D eigenvalue weighted by molar-refractivity contribution is 0.0569. The molecule has 1 aliphatic heterocycles. The van der Waals surface area contributed by atoms with E-state index in [1.807, 2.05) is 24.3 Å². The number of nitrogens with zero attached hydrogens (tertiary/aromatic N) is 1. The van der Waals surface area contributed by atoms with Crippen molar-refractivity contribution in [3.63, 3.8) is 0 Å². The van der Waals surface area contributed by atoms with Crippen LogP contribution in [0.15, 0.2) is 24.3 Å². The van der Waals surface area contributed by atoms with E-state index in [9.17, 15) is 4.79 Å². The highest BCUT2D eigenvalue weighted by molar-refractivity contribution is 5.67. The number of carbonyl (C=O) groups excluding carboxylic acids is 1. The fourth-order valence-corrected chi connectivity index (χ4v) is 2.44. The van der Waals surface area contributed by atoms with Gasteiger partial charge in [-0.15, -0.1) is 0 Å². The standard InChI is InChI=1S/C18H28N2O3/c1-14(2)13-22-16-6-4-15(5-7-16)12-19-18(21)23-17-8-10-20(3)11-9-17/h4-7,14,17H,8-13H2,1-3H3,(H,19,21). The minimum absolute atomic E-state index is 0.0398. The molecule has 0 radical (unpaired) electrons. The summed E-state index contributed by atoms with van der Waals surface area (Å²) in [4.78, 5) is 14.1. The molecular weight excluding hydrogens is 292 g/mol. The Labute approximate surface area is 139 Å². The number of alkyl carbamates (subject to hydrolysis) is 1. The van der Waals surface area contributed by atoms with Crippen LogP contribution in [0, 0.1) is 5.92 Å². The van der Waals surface area contributed by atoms with Gasteiger partial charge in [-0.05, 0) is 43.5 Å². The minimum atomic E-state index is -0.334. The van der Waals surface area contributed by atoms with E-state index < -0.39 is 0 Å². The van der Waals surface area contributed by atoms with Crippen LogP contribution in [-0.4, -0.2) is 43.8 Å². The second kappa shape index (κ2) is 8.77. The van der Waals surface area contributed by atoms with Gasteiger partial charge < -0.3 is 19.7 Å². The lowest BCUT2D eigenvalue weighted by Gasteiger charge is -2.28. The van der Waals surface area contributed by atoms with Gasteiger partial charge in [0.1, 0.15) is 11.9 Å². The number of likely N-dealkylation sites (tertiary alicyclic amines) is 1. The highest BCUT2D eigenvalue weighted by atomic mass is 16.6. The molecule has 0 spiro atoms. The molecule has 128 valence electrons. The number of nitrogens with one attached hydrogen (secondary N) is 1. The van der Waals surface area contributed by atoms with E-state index in [1.165, 1.54) is 0 Å². The zero-order valence-electron chi connectivity index (χ0n) is 14.4. The van der Waals surface area contributed by atoms with Gasteiger partial charge in [0.05, 0.1) is 6.61 Å². The maximum absolute atomic E-state index is 11.8. The molecule has 2 rings (SSSR count). The Kier molecular flexibility index (Phi) is 6.71. The molecule has 0 saturated carbocycles. The van der Waals surface area contributed by atoms with Gasteiger partial charge in [-0.25, -0.2) is 4.79 Å². The summed E-state index contributed by atoms with van der Waals surface area (Å²) in [7, 11) is 2.09. The van der Waals surface area contributed by atoms with Crippen molar-refractivity contribution in [1.29, 1.82) is 0 Å². The predicted octanol–water partition coefficient (Wildman–Crippen LogP) is 3.04. The summed E-state index contributed by atoms with van der Waals surface area (Å²) in [6.07, 6.45) is 1.52. The van der Waals surface area contributed by atoms with Crippen molar-refractivity contribution in [1.82, 2.24) is 10.2 Å². The summed E-state index contributed by atoms with van der Waals surface area (Å²) < 4.78 is 11.1. The smallest absolute Gasteiger partial charge is 0.407 e. The Morgan fingerprint density at radius 3 is 2.52 bits per heavy atom. The third-order valence-electron chi connectivity index (χ3n) is 3.88. The molecular formula is C18H28N2O3. The molecule has 23 heavy (non-hydrogen) atoms. The molecule has 1 aromatic carbocycles. The van der Waals surface area contributed by atoms with Gasteiger partial charge in [0.2, 0.25) is 0 Å². The van der Waals surface area contributed by atoms with Crippen molar-refractivity contribution in [2.45, 2.75) is 39.3 Å². The quantitative estimate of drug-likeness (QED) is 0.875. The molecule has 0 atom stereocenters. The Morgan fingerprint density at radius 1 is 1.26 bits per heavy atom. The van der Waals surface area contributed by atoms with E-state index in [1.54, 1.807) is 0 Å². The Bertz CT molecular complexity index is 480. The highest BCUT2D eigenvalue weighted by Crippen LogP contribution is 2.14. The number of hydrogen-bond acceptors (Lipinski definition) is 4. The van der Waals surface area contributed by atoms with Crippen LogP contribution in [0.2, 0.25) is 0 Å². The summed E-state index contributed by atoms with van der Waals surface area (Å²) in [5.41, 5.74) is 1.03. The second-order valence-electron chi connectivity index (χ2n) is 6.61. The molecule has 1 aliphatic rings. The first-order chi connectivity index (χ1) is 11.0. The maximum Gasteiger partial charge on any atom is 0.407 e. The molecule has 0 aromatic heterocycles. The lowest BCUT2D eigenvalue weighted by atomic mass is 10.1. The molecule has 5 heteroatoms. The molecule has 0 unspecified atom stereocenters. The first-order valence-corrected chi connectivity index (χ1v) is 8.37. The highest BCUT2D eigenvalue weighted by Gasteiger charge is 2.19. The Hall–Kier alpha value is -1.75. The molecule has 5 nitrogen and oxygen atoms in total. The molecule has 1 heterocycles. The monoisotopic (exact) mass is 320 g/mol. The van der Waals surface area contributed by atoms with Crippen molar-refractivity contribution >= 4 is 6.09 Å². The zero-order chi connectivity index (χ0) is 16.7. The van der Waals surface area contributed by atoms with Crippen LogP contribution in [0.1, 0.15) is 32.3 Å². The topological polar surface area (TPSA) is 50.8 Å². The Morgan fingerprint density at radius 2 is 1.91 bits per heavy atom. The number of ether oxygens (including phenoxy) is 2. The molecule has 0 bridgehead atoms. The minimum Gasteiger partial charge on any atom is -0.493 e. The molecule has 0 aliphatic carbocycles. The van der Waals surface area contributed by atoms with Crippen LogP contribution in [0.5, 0.6) is 5.75 Å². The van der Waals surface area contributed by atoms with Crippen LogP contribution < -0.4 is 10.1 Å². The third-order valence-corrected chi connectivity index (χ3v) is 3.88. The van der Waals surface area contributed by atoms with E-state index in [2.05, 4.69) is 31.1 Å². The summed E-state index contributed by atoms with van der Waals surface area (Å²) in [5, 5.41) is 2.81. The van der Waals surface area contributed by atoms with Crippen molar-refractivity contribution in [2.75, 3.05) is 26.7 Å². The van der Waals surface area contributed by atoms with Crippen molar-refractivity contribution in [2.24, 2.45) is 5.92 Å². The summed E-state index contributed by atoms with van der Waals surface area (Å²) >= 11 is 0. The van der Waals surface area contributed by atoms with Crippen LogP contribution in [-0.2, 0) is 11.3 Å². The summed E-state index contributed by atoms with van der Waals surface area (Å²) in [5.74, 6) is 1.36. The van der Waals surface area contributed by atoms with Crippen molar-refractivity contribution < 1.29 is 14.3 Å². The summed E-state index contributed by atoms with van der Waals surface area (Å²) in [6, 6.07) is 7.79. The van der Waals surface area contributed by atoms with E-state index in [-0.39, 0.29) is 12.2 Å². The second-order valence-corrected chi connectivity index (χ2v) is 6.61. The molecule has 1 fully saturated rings. The molecule has 1 aromatic rings. The fraction of sp³-hybridized carbons (Fsp3) is 0.611. The molecule has 1 saturated heterocycles. The average molecular weight is 320 g/mol. The number of hydrogen-bond donors (Lipinski definition) is 1. The number of amides is 1. The van der Waals surface area contributed by atoms with Gasteiger partial charge in [0, 0.05) is 19.6 Å². The van der Waals surface area contributed by atoms with Gasteiger partial charge in [-0.2, -0.15) is 0 Å². The van der Waals surface area contributed by atoms with Gasteiger partial charge in [0.15, 0.2) is 0 Å². The van der Waals surface area contributed by atoms with Crippen LogP contribution in [0.4, 0.5) is 4.79 Å². The van der Waals surface area contributed by atoms with Gasteiger partial charge in [-0.3, -0.25) is 0 Å². The Balaban J connectivity index is 1.69. The van der Waals surface area contributed by atoms with E-state index in [0.717, 1.165) is 37.2 Å². The van der Waals surface area contributed by atoms with E-state index in [0.29, 0.717) is 19.1 Å². The largest absolute Gasteiger partial charge is 0.493 e. The van der Waals surface area contributed by atoms with Crippen molar-refractivity contribution in [3.8, 4) is 5.75 Å². The first-order valence-electron chi connectivity index (χ1n) is 8.37. The molecule has 1 amide bonds. The normalized spacial score (nSPS) is 16.3. The molecule has 1 N–H and O–H groups in total. The first kappa shape index (κ1) is 17.6. The maximum atomic E-state index is 11.8. The zero-order valence-corrected chi connectivity index (χ0v) is 14.4. The fourth-order valence-electron chi connectivity index (χ4n) is 2.44. The van der Waals surface area contributed by atoms with Crippen LogP contribution >= 0.6 is 0 Å². The number of rotatable bonds is 6. The van der Waals surface area contributed by atoms with E-state index >= 15 is 0 Å². The van der Waals surface area contributed by atoms with Crippen LogP contribution in [0.25, 0.3) is 0 Å². The third kappa shape index (κ3) is 6.48. The van der Waals surface area contributed by atoms with Crippen LogP contribution in [0.3, 0.4) is 0 Å². The lowest BCUT2D eigenvalue weighted by Crippen LogP contribution is -2.37. The van der Waals surface area contributed by atoms with E-state index in [4.69, 9.17) is 9.47 Å². The SMILES string of the molecule is CC(C)COc1ccc(CNC(=O)OC2CCN(C)CC2)cc1. The number of carbonyl (C=O) groups is 1. The average Bonchev–Trinajstić information content (AvgIpc) is 2.54. The number of piperidine rings is 1. The predicted molar refractivity (Wildman–Crippen MR) is 90.6 cm³/mol. The van der Waals surface area contributed by atoms with Gasteiger partial charge in [0.25, 0.3) is 0 Å². The summed E-state index contributed by atoms with van der Waals surface area (Å²) in [6.45, 7) is 7.38. The van der Waals surface area contributed by atoms with Gasteiger partial charge >= 0.3 is 6.09 Å². The van der Waals surface area contributed by atoms with Gasteiger partial charge in [-0.1, -0.05) is 26.0 Å². The number of benzene rings is 1. The van der Waals surface area contributed by atoms with Crippen molar-refractivity contribution in [3.05, 3.63) is 29.8 Å².